The average Bonchev–Trinajstić information content (AvgIpc) is 2.68. The molecule has 0 spiro atoms. The molecule has 0 radical (unpaired) electrons. The monoisotopic (exact) mass is 353 g/mol. The van der Waals surface area contributed by atoms with Crippen LogP contribution in [0.25, 0.3) is 0 Å². The number of carbonyl (C=O) groups excluding carboxylic acids is 1. The minimum Gasteiger partial charge on any atom is -0.489 e. The molecular weight excluding hydrogens is 330 g/mol. The van der Waals surface area contributed by atoms with E-state index in [1.54, 1.807) is 31.1 Å². The first-order valence-electron chi connectivity index (χ1n) is 8.31. The van der Waals surface area contributed by atoms with Crippen molar-refractivity contribution in [2.75, 3.05) is 20.7 Å². The van der Waals surface area contributed by atoms with Crippen molar-refractivity contribution in [3.63, 3.8) is 0 Å². The molecule has 0 saturated heterocycles. The molecule has 0 heterocycles. The van der Waals surface area contributed by atoms with E-state index in [9.17, 15) is 9.90 Å². The molecule has 0 aromatic heterocycles. The predicted molar refractivity (Wildman–Crippen MR) is 98.3 cm³/mol. The Kier molecular flexibility index (Phi) is 7.15. The van der Waals surface area contributed by atoms with E-state index in [-0.39, 0.29) is 12.5 Å². The quantitative estimate of drug-likeness (QED) is 0.754. The Hall–Kier alpha value is -2.88. The largest absolute Gasteiger partial charge is 0.489 e. The van der Waals surface area contributed by atoms with Gasteiger partial charge in [0.2, 0.25) is 5.91 Å². The third-order valence-electron chi connectivity index (χ3n) is 4.07. The normalized spacial score (nSPS) is 11.7. The number of hydrogen-bond acceptors (Lipinski definition) is 5. The minimum absolute atomic E-state index is 0.213. The van der Waals surface area contributed by atoms with Gasteiger partial charge in [0.05, 0.1) is 18.2 Å². The number of carbonyl (C=O) groups is 1. The van der Waals surface area contributed by atoms with Gasteiger partial charge in [-0.15, -0.1) is 0 Å². The molecule has 2 aromatic rings. The van der Waals surface area contributed by atoms with Crippen LogP contribution in [0.1, 0.15) is 16.7 Å². The highest BCUT2D eigenvalue weighted by atomic mass is 16.5. The van der Waals surface area contributed by atoms with Crippen LogP contribution < -0.4 is 10.1 Å². The Morgan fingerprint density at radius 1 is 1.27 bits per heavy atom. The lowest BCUT2D eigenvalue weighted by molar-refractivity contribution is -0.127. The molecular formula is C20H23N3O3. The fraction of sp³-hybridized carbons (Fsp3) is 0.300. The number of nitrogens with one attached hydrogen (secondary N) is 1. The van der Waals surface area contributed by atoms with E-state index in [0.717, 1.165) is 16.9 Å². The number of hydrogen-bond donors (Lipinski definition) is 2. The zero-order valence-corrected chi connectivity index (χ0v) is 15.0. The molecule has 0 unspecified atom stereocenters. The molecule has 0 saturated carbocycles. The zero-order chi connectivity index (χ0) is 18.9. The number of aliphatic hydroxyl groups excluding tert-OH is 1. The summed E-state index contributed by atoms with van der Waals surface area (Å²) < 4.78 is 5.75. The molecule has 0 aliphatic heterocycles. The molecule has 0 fully saturated rings. The zero-order valence-electron chi connectivity index (χ0n) is 15.0. The van der Waals surface area contributed by atoms with Crippen LogP contribution >= 0.6 is 0 Å². The second-order valence-electron chi connectivity index (χ2n) is 5.97. The van der Waals surface area contributed by atoms with Crippen LogP contribution in [0.15, 0.2) is 48.5 Å². The van der Waals surface area contributed by atoms with Gasteiger partial charge in [-0.1, -0.05) is 24.3 Å². The number of rotatable bonds is 8. The van der Waals surface area contributed by atoms with Crippen LogP contribution in [0.3, 0.4) is 0 Å². The first-order chi connectivity index (χ1) is 12.6. The SMILES string of the molecule is CNC(=O)[C@H](CO)N(C)Cc1ccc(OCc2cccc(C#N)c2)cc1. The standard InChI is InChI=1S/C20H23N3O3/c1-22-20(25)19(13-24)23(2)12-15-6-8-18(9-7-15)26-14-17-5-3-4-16(10-17)11-21/h3-10,19,24H,12-14H2,1-2H3,(H,22,25)/t19-/m0/s1. The molecule has 0 aliphatic carbocycles. The Balaban J connectivity index is 1.93. The van der Waals surface area contributed by atoms with E-state index in [1.807, 2.05) is 36.4 Å². The third kappa shape index (κ3) is 5.31. The van der Waals surface area contributed by atoms with E-state index >= 15 is 0 Å². The molecule has 6 heteroatoms. The highest BCUT2D eigenvalue weighted by Gasteiger charge is 2.21. The maximum atomic E-state index is 11.7. The van der Waals surface area contributed by atoms with Gasteiger partial charge in [0.1, 0.15) is 18.4 Å². The first-order valence-corrected chi connectivity index (χ1v) is 8.31. The van der Waals surface area contributed by atoms with E-state index in [4.69, 9.17) is 10.00 Å². The number of benzene rings is 2. The van der Waals surface area contributed by atoms with Crippen LogP contribution in [0.5, 0.6) is 5.75 Å². The number of likely N-dealkylation sites (N-methyl/N-ethyl adjacent to an activating group) is 2. The number of aliphatic hydroxyl groups is 1. The number of ether oxygens (including phenoxy) is 1. The van der Waals surface area contributed by atoms with Gasteiger partial charge in [0.15, 0.2) is 0 Å². The molecule has 2 N–H and O–H groups in total. The summed E-state index contributed by atoms with van der Waals surface area (Å²) in [5.74, 6) is 0.512. The Morgan fingerprint density at radius 2 is 2.00 bits per heavy atom. The van der Waals surface area contributed by atoms with Crippen molar-refractivity contribution >= 4 is 5.91 Å². The molecule has 136 valence electrons. The van der Waals surface area contributed by atoms with E-state index < -0.39 is 6.04 Å². The average molecular weight is 353 g/mol. The van der Waals surface area contributed by atoms with Crippen molar-refractivity contribution in [3.8, 4) is 11.8 Å². The van der Waals surface area contributed by atoms with Crippen molar-refractivity contribution in [2.24, 2.45) is 0 Å². The summed E-state index contributed by atoms with van der Waals surface area (Å²) in [5.41, 5.74) is 2.55. The highest BCUT2D eigenvalue weighted by molar-refractivity contribution is 5.81. The van der Waals surface area contributed by atoms with Crippen LogP contribution in [0.4, 0.5) is 0 Å². The van der Waals surface area contributed by atoms with Crippen molar-refractivity contribution in [1.29, 1.82) is 5.26 Å². The summed E-state index contributed by atoms with van der Waals surface area (Å²) in [6.07, 6.45) is 0. The molecule has 1 atom stereocenters. The molecule has 1 amide bonds. The van der Waals surface area contributed by atoms with Gasteiger partial charge >= 0.3 is 0 Å². The number of amides is 1. The van der Waals surface area contributed by atoms with Crippen LogP contribution in [0, 0.1) is 11.3 Å². The summed E-state index contributed by atoms with van der Waals surface area (Å²) in [7, 11) is 3.35. The summed E-state index contributed by atoms with van der Waals surface area (Å²) in [6, 6.07) is 16.4. The van der Waals surface area contributed by atoms with Gasteiger partial charge in [-0.25, -0.2) is 0 Å². The molecule has 2 aromatic carbocycles. The Bertz CT molecular complexity index is 769. The fourth-order valence-corrected chi connectivity index (χ4v) is 2.58. The van der Waals surface area contributed by atoms with Gasteiger partial charge in [0, 0.05) is 13.6 Å². The lowest BCUT2D eigenvalue weighted by Crippen LogP contribution is -2.46. The predicted octanol–water partition coefficient (Wildman–Crippen LogP) is 1.68. The maximum absolute atomic E-state index is 11.7. The smallest absolute Gasteiger partial charge is 0.239 e. The summed E-state index contributed by atoms with van der Waals surface area (Å²) in [6.45, 7) is 0.681. The van der Waals surface area contributed by atoms with Gasteiger partial charge in [0.25, 0.3) is 0 Å². The van der Waals surface area contributed by atoms with Gasteiger partial charge < -0.3 is 15.2 Å². The summed E-state index contributed by atoms with van der Waals surface area (Å²) >= 11 is 0. The Morgan fingerprint density at radius 3 is 2.62 bits per heavy atom. The third-order valence-corrected chi connectivity index (χ3v) is 4.07. The summed E-state index contributed by atoms with van der Waals surface area (Å²) in [4.78, 5) is 13.5. The van der Waals surface area contributed by atoms with E-state index in [2.05, 4.69) is 11.4 Å². The van der Waals surface area contributed by atoms with Gasteiger partial charge in [-0.3, -0.25) is 9.69 Å². The van der Waals surface area contributed by atoms with Gasteiger partial charge in [-0.2, -0.15) is 5.26 Å². The lowest BCUT2D eigenvalue weighted by atomic mass is 10.1. The van der Waals surface area contributed by atoms with Crippen LogP contribution in [-0.2, 0) is 17.9 Å². The van der Waals surface area contributed by atoms with Crippen LogP contribution in [-0.4, -0.2) is 42.7 Å². The van der Waals surface area contributed by atoms with Crippen LogP contribution in [0.2, 0.25) is 0 Å². The van der Waals surface area contributed by atoms with Gasteiger partial charge in [-0.05, 0) is 42.4 Å². The van der Waals surface area contributed by atoms with Crippen molar-refractivity contribution in [3.05, 3.63) is 65.2 Å². The fourth-order valence-electron chi connectivity index (χ4n) is 2.58. The second-order valence-corrected chi connectivity index (χ2v) is 5.97. The van der Waals surface area contributed by atoms with Crippen molar-refractivity contribution in [1.82, 2.24) is 10.2 Å². The molecule has 2 rings (SSSR count). The Labute approximate surface area is 153 Å². The molecule has 6 nitrogen and oxygen atoms in total. The second kappa shape index (κ2) is 9.56. The number of nitrogens with zero attached hydrogens (tertiary/aromatic N) is 2. The topological polar surface area (TPSA) is 85.6 Å². The lowest BCUT2D eigenvalue weighted by Gasteiger charge is -2.25. The minimum atomic E-state index is -0.580. The molecule has 0 aliphatic rings. The highest BCUT2D eigenvalue weighted by Crippen LogP contribution is 2.16. The summed E-state index contributed by atoms with van der Waals surface area (Å²) in [5, 5.41) is 20.9. The van der Waals surface area contributed by atoms with E-state index in [1.165, 1.54) is 0 Å². The maximum Gasteiger partial charge on any atom is 0.239 e. The number of nitriles is 1. The van der Waals surface area contributed by atoms with Crippen molar-refractivity contribution < 1.29 is 14.6 Å². The van der Waals surface area contributed by atoms with E-state index in [0.29, 0.717) is 18.7 Å². The first kappa shape index (κ1) is 19.4. The molecule has 26 heavy (non-hydrogen) atoms. The molecule has 0 bridgehead atoms. The van der Waals surface area contributed by atoms with Crippen molar-refractivity contribution in [2.45, 2.75) is 19.2 Å².